The second kappa shape index (κ2) is 10.3. The fourth-order valence-electron chi connectivity index (χ4n) is 3.25. The molecule has 2 aromatic carbocycles. The summed E-state index contributed by atoms with van der Waals surface area (Å²) in [6, 6.07) is 14.4. The Bertz CT molecular complexity index is 1330. The first kappa shape index (κ1) is 23.2. The second-order valence-electron chi connectivity index (χ2n) is 6.95. The Labute approximate surface area is 200 Å². The normalized spacial score (nSPS) is 10.7. The molecule has 0 saturated carbocycles. The molecule has 2 aromatic heterocycles. The molecule has 10 nitrogen and oxygen atoms in total. The lowest BCUT2D eigenvalue weighted by Crippen LogP contribution is -2.14. The third-order valence-corrected chi connectivity index (χ3v) is 5.83. The summed E-state index contributed by atoms with van der Waals surface area (Å²) in [6.45, 7) is 0. The van der Waals surface area contributed by atoms with Gasteiger partial charge in [0.1, 0.15) is 0 Å². The van der Waals surface area contributed by atoms with E-state index in [0.29, 0.717) is 45.2 Å². The van der Waals surface area contributed by atoms with E-state index in [2.05, 4.69) is 20.6 Å². The van der Waals surface area contributed by atoms with Crippen molar-refractivity contribution in [1.82, 2.24) is 19.8 Å². The number of nitrogens with one attached hydrogen (secondary N) is 1. The lowest BCUT2D eigenvalue weighted by Gasteiger charge is -2.10. The average molecular weight is 482 g/mol. The summed E-state index contributed by atoms with van der Waals surface area (Å²) in [4.78, 5) is 12.5. The lowest BCUT2D eigenvalue weighted by atomic mass is 10.1. The molecule has 1 N–H and O–H groups in total. The van der Waals surface area contributed by atoms with Gasteiger partial charge < -0.3 is 24.3 Å². The van der Waals surface area contributed by atoms with Crippen LogP contribution in [-0.2, 0) is 4.79 Å². The number of carbonyl (C=O) groups excluding carboxylic acids is 1. The molecule has 4 aromatic rings. The maximum absolute atomic E-state index is 12.5. The highest BCUT2D eigenvalue weighted by Crippen LogP contribution is 2.32. The molecule has 0 aliphatic heterocycles. The summed E-state index contributed by atoms with van der Waals surface area (Å²) < 4.78 is 22.8. The van der Waals surface area contributed by atoms with Gasteiger partial charge in [-0.1, -0.05) is 11.8 Å². The van der Waals surface area contributed by atoms with Gasteiger partial charge in [0, 0.05) is 17.3 Å². The highest BCUT2D eigenvalue weighted by atomic mass is 32.2. The zero-order valence-corrected chi connectivity index (χ0v) is 19.9. The van der Waals surface area contributed by atoms with Gasteiger partial charge in [0.05, 0.1) is 39.9 Å². The number of aromatic nitrogens is 4. The van der Waals surface area contributed by atoms with Crippen molar-refractivity contribution in [3.63, 3.8) is 0 Å². The minimum Gasteiger partial charge on any atom is -0.493 e. The van der Waals surface area contributed by atoms with Crippen LogP contribution in [0.3, 0.4) is 0 Å². The molecule has 0 spiro atoms. The van der Waals surface area contributed by atoms with Gasteiger partial charge in [-0.05, 0) is 42.5 Å². The van der Waals surface area contributed by atoms with Crippen LogP contribution >= 0.6 is 11.8 Å². The van der Waals surface area contributed by atoms with E-state index in [1.54, 1.807) is 51.2 Å². The van der Waals surface area contributed by atoms with Gasteiger partial charge in [0.25, 0.3) is 0 Å². The van der Waals surface area contributed by atoms with E-state index in [1.165, 1.54) is 11.8 Å². The molecule has 0 bridgehead atoms. The van der Waals surface area contributed by atoms with Crippen molar-refractivity contribution < 1.29 is 23.7 Å². The van der Waals surface area contributed by atoms with E-state index in [-0.39, 0.29) is 11.7 Å². The lowest BCUT2D eigenvalue weighted by molar-refractivity contribution is -0.113. The number of anilines is 1. The zero-order chi connectivity index (χ0) is 24.1. The number of ether oxygens (including phenoxy) is 4. The number of methoxy groups -OCH3 is 4. The van der Waals surface area contributed by atoms with Crippen molar-refractivity contribution in [2.75, 3.05) is 39.5 Å². The first-order valence-electron chi connectivity index (χ1n) is 10.2. The van der Waals surface area contributed by atoms with Crippen molar-refractivity contribution in [3.05, 3.63) is 48.5 Å². The Kier molecular flexibility index (Phi) is 7.02. The maximum atomic E-state index is 12.5. The maximum Gasteiger partial charge on any atom is 0.234 e. The molecule has 4 rings (SSSR count). The Morgan fingerprint density at radius 2 is 1.53 bits per heavy atom. The number of carbonyl (C=O) groups is 1. The molecule has 0 fully saturated rings. The van der Waals surface area contributed by atoms with Gasteiger partial charge >= 0.3 is 0 Å². The van der Waals surface area contributed by atoms with Crippen LogP contribution in [0.4, 0.5) is 5.69 Å². The molecule has 11 heteroatoms. The predicted molar refractivity (Wildman–Crippen MR) is 128 cm³/mol. The Morgan fingerprint density at radius 3 is 2.24 bits per heavy atom. The van der Waals surface area contributed by atoms with Crippen LogP contribution in [0.5, 0.6) is 23.0 Å². The first-order valence-corrected chi connectivity index (χ1v) is 11.1. The average Bonchev–Trinajstić information content (AvgIpc) is 3.29. The van der Waals surface area contributed by atoms with Crippen molar-refractivity contribution >= 4 is 29.0 Å². The van der Waals surface area contributed by atoms with Crippen molar-refractivity contribution in [1.29, 1.82) is 0 Å². The van der Waals surface area contributed by atoms with Crippen LogP contribution in [0.2, 0.25) is 0 Å². The summed E-state index contributed by atoms with van der Waals surface area (Å²) in [5, 5.41) is 16.3. The van der Waals surface area contributed by atoms with Crippen molar-refractivity contribution in [3.8, 4) is 34.3 Å². The molecule has 176 valence electrons. The number of amides is 1. The van der Waals surface area contributed by atoms with Gasteiger partial charge in [0.15, 0.2) is 28.6 Å². The van der Waals surface area contributed by atoms with Crippen LogP contribution in [0.1, 0.15) is 0 Å². The number of benzene rings is 2. The van der Waals surface area contributed by atoms with E-state index in [0.717, 1.165) is 5.56 Å². The van der Waals surface area contributed by atoms with Gasteiger partial charge in [-0.15, -0.1) is 10.2 Å². The molecule has 2 heterocycles. The van der Waals surface area contributed by atoms with E-state index < -0.39 is 0 Å². The van der Waals surface area contributed by atoms with Gasteiger partial charge in [-0.3, -0.25) is 4.79 Å². The van der Waals surface area contributed by atoms with Gasteiger partial charge in [-0.25, -0.2) is 0 Å². The summed E-state index contributed by atoms with van der Waals surface area (Å²) >= 11 is 1.23. The molecular weight excluding hydrogens is 458 g/mol. The van der Waals surface area contributed by atoms with Gasteiger partial charge in [-0.2, -0.15) is 9.61 Å². The summed E-state index contributed by atoms with van der Waals surface area (Å²) in [5.41, 5.74) is 2.72. The van der Waals surface area contributed by atoms with E-state index in [4.69, 9.17) is 18.9 Å². The summed E-state index contributed by atoms with van der Waals surface area (Å²) in [7, 11) is 6.27. The number of rotatable bonds is 9. The minimum atomic E-state index is -0.204. The molecule has 34 heavy (non-hydrogen) atoms. The van der Waals surface area contributed by atoms with E-state index >= 15 is 0 Å². The molecule has 0 radical (unpaired) electrons. The number of nitrogens with zero attached hydrogens (tertiary/aromatic N) is 4. The number of hydrogen-bond acceptors (Lipinski definition) is 9. The quantitative estimate of drug-likeness (QED) is 0.359. The van der Waals surface area contributed by atoms with Crippen LogP contribution in [0.15, 0.2) is 53.7 Å². The topological polar surface area (TPSA) is 109 Å². The monoisotopic (exact) mass is 481 g/mol. The summed E-state index contributed by atoms with van der Waals surface area (Å²) in [6.07, 6.45) is 0. The molecule has 0 aliphatic rings. The fraction of sp³-hybridized carbons (Fsp3) is 0.217. The molecule has 0 unspecified atom stereocenters. The predicted octanol–water partition coefficient (Wildman–Crippen LogP) is 3.56. The number of thioether (sulfide) groups is 1. The molecule has 0 aliphatic carbocycles. The highest BCUT2D eigenvalue weighted by Gasteiger charge is 2.14. The third kappa shape index (κ3) is 4.84. The Balaban J connectivity index is 1.49. The second-order valence-corrected chi connectivity index (χ2v) is 7.89. The minimum absolute atomic E-state index is 0.122. The van der Waals surface area contributed by atoms with E-state index in [1.807, 2.05) is 30.3 Å². The van der Waals surface area contributed by atoms with E-state index in [9.17, 15) is 4.79 Å². The first-order chi connectivity index (χ1) is 16.6. The SMILES string of the molecule is COc1ccc(NC(=O)CSc2nnc3ccc(-c4ccc(OC)c(OC)c4)nn23)cc1OC. The Morgan fingerprint density at radius 1 is 0.853 bits per heavy atom. The smallest absolute Gasteiger partial charge is 0.234 e. The van der Waals surface area contributed by atoms with Crippen molar-refractivity contribution in [2.45, 2.75) is 5.16 Å². The molecular formula is C23H23N5O5S. The number of fused-ring (bicyclic) bond motifs is 1. The van der Waals surface area contributed by atoms with Crippen LogP contribution < -0.4 is 24.3 Å². The molecule has 0 atom stereocenters. The van der Waals surface area contributed by atoms with Crippen LogP contribution in [-0.4, -0.2) is 59.9 Å². The van der Waals surface area contributed by atoms with Crippen LogP contribution in [0.25, 0.3) is 16.9 Å². The Hall–Kier alpha value is -3.99. The van der Waals surface area contributed by atoms with Crippen LogP contribution in [0, 0.1) is 0 Å². The zero-order valence-electron chi connectivity index (χ0n) is 19.1. The van der Waals surface area contributed by atoms with Gasteiger partial charge in [0.2, 0.25) is 11.1 Å². The number of hydrogen-bond donors (Lipinski definition) is 1. The molecule has 1 amide bonds. The largest absolute Gasteiger partial charge is 0.493 e. The third-order valence-electron chi connectivity index (χ3n) is 4.91. The standard InChI is InChI=1S/C23H23N5O5S/c1-30-17-8-5-14(11-19(17)32-3)16-7-10-21-25-26-23(28(21)27-16)34-13-22(29)24-15-6-9-18(31-2)20(12-15)33-4/h5-12H,13H2,1-4H3,(H,24,29). The summed E-state index contributed by atoms with van der Waals surface area (Å²) in [5.74, 6) is 2.27. The fourth-order valence-corrected chi connectivity index (χ4v) is 3.94. The van der Waals surface area contributed by atoms with Crippen molar-refractivity contribution in [2.24, 2.45) is 0 Å². The highest BCUT2D eigenvalue weighted by molar-refractivity contribution is 7.99. The molecule has 0 saturated heterocycles.